The first-order valence-electron chi connectivity index (χ1n) is 8.82. The minimum atomic E-state index is -3.51. The fourth-order valence-corrected chi connectivity index (χ4v) is 3.39. The van der Waals surface area contributed by atoms with Gasteiger partial charge in [0, 0.05) is 32.9 Å². The summed E-state index contributed by atoms with van der Waals surface area (Å²) in [5, 5.41) is 2.87. The number of anilines is 1. The fourth-order valence-electron chi connectivity index (χ4n) is 2.79. The van der Waals surface area contributed by atoms with E-state index in [1.807, 2.05) is 43.4 Å². The van der Waals surface area contributed by atoms with Crippen molar-refractivity contribution in [2.75, 3.05) is 38.3 Å². The van der Waals surface area contributed by atoms with E-state index in [0.717, 1.165) is 29.2 Å². The van der Waals surface area contributed by atoms with E-state index in [2.05, 4.69) is 10.2 Å². The Kier molecular flexibility index (Phi) is 7.38. The number of nitrogens with zero attached hydrogens (tertiary/aromatic N) is 2. The lowest BCUT2D eigenvalue weighted by Gasteiger charge is -2.26. The Labute approximate surface area is 161 Å². The third kappa shape index (κ3) is 6.08. The predicted octanol–water partition coefficient (Wildman–Crippen LogP) is 2.26. The summed E-state index contributed by atoms with van der Waals surface area (Å²) in [5.41, 5.74) is 1.76. The molecular formula is C20H27N3O3S. The molecule has 0 saturated carbocycles. The molecule has 1 atom stereocenters. The first-order chi connectivity index (χ1) is 12.8. The molecule has 2 aromatic carbocycles. The number of para-hydroxylation sites is 1. The molecule has 7 heteroatoms. The van der Waals surface area contributed by atoms with Crippen LogP contribution in [0.25, 0.3) is 0 Å². The lowest BCUT2D eigenvalue weighted by Crippen LogP contribution is -2.41. The van der Waals surface area contributed by atoms with Gasteiger partial charge in [0.25, 0.3) is 0 Å². The second-order valence-corrected chi connectivity index (χ2v) is 8.54. The smallest absolute Gasteiger partial charge is 0.242 e. The van der Waals surface area contributed by atoms with Gasteiger partial charge in [0.1, 0.15) is 6.04 Å². The number of likely N-dealkylation sites (N-methyl/N-ethyl adjacent to an activating group) is 1. The van der Waals surface area contributed by atoms with Crippen LogP contribution < -0.4 is 10.2 Å². The van der Waals surface area contributed by atoms with E-state index in [1.54, 1.807) is 24.3 Å². The third-order valence-electron chi connectivity index (χ3n) is 4.42. The quantitative estimate of drug-likeness (QED) is 0.668. The summed E-state index contributed by atoms with van der Waals surface area (Å²) in [5.74, 6) is -0.323. The van der Waals surface area contributed by atoms with Crippen molar-refractivity contribution in [3.8, 4) is 0 Å². The second kappa shape index (κ2) is 9.53. The van der Waals surface area contributed by atoms with Crippen molar-refractivity contribution >= 4 is 21.6 Å². The molecule has 0 aliphatic rings. The molecule has 0 unspecified atom stereocenters. The van der Waals surface area contributed by atoms with Gasteiger partial charge in [-0.25, -0.2) is 8.42 Å². The van der Waals surface area contributed by atoms with Gasteiger partial charge in [0.2, 0.25) is 15.9 Å². The average molecular weight is 390 g/mol. The predicted molar refractivity (Wildman–Crippen MR) is 109 cm³/mol. The van der Waals surface area contributed by atoms with Crippen molar-refractivity contribution in [1.29, 1.82) is 0 Å². The number of carbonyl (C=O) groups excluding carboxylic acids is 1. The first-order valence-corrected chi connectivity index (χ1v) is 10.7. The monoisotopic (exact) mass is 389 g/mol. The fraction of sp³-hybridized carbons (Fsp3) is 0.350. The number of carbonyl (C=O) groups is 1. The van der Waals surface area contributed by atoms with Gasteiger partial charge in [0.15, 0.2) is 0 Å². The molecule has 0 radical (unpaired) electrons. The summed E-state index contributed by atoms with van der Waals surface area (Å²) in [7, 11) is -0.0833. The standard InChI is InChI=1S/C20H27N3O3S/c1-22(18-13-8-5-9-14-18)16-10-15-21-20(24)19(23(2)27(3,25)26)17-11-6-4-7-12-17/h4-9,11-14,19H,10,15-16H2,1-3H3,(H,21,24)/t19-/m1/s1. The van der Waals surface area contributed by atoms with Crippen LogP contribution in [-0.2, 0) is 14.8 Å². The summed E-state index contributed by atoms with van der Waals surface area (Å²) in [4.78, 5) is 14.8. The van der Waals surface area contributed by atoms with Crippen molar-refractivity contribution in [3.63, 3.8) is 0 Å². The van der Waals surface area contributed by atoms with E-state index in [-0.39, 0.29) is 5.91 Å². The van der Waals surface area contributed by atoms with Gasteiger partial charge in [-0.3, -0.25) is 4.79 Å². The molecule has 0 aliphatic heterocycles. The lowest BCUT2D eigenvalue weighted by molar-refractivity contribution is -0.124. The van der Waals surface area contributed by atoms with Crippen molar-refractivity contribution in [2.24, 2.45) is 0 Å². The van der Waals surface area contributed by atoms with Crippen LogP contribution in [0.2, 0.25) is 0 Å². The molecule has 0 spiro atoms. The number of amides is 1. The molecule has 27 heavy (non-hydrogen) atoms. The summed E-state index contributed by atoms with van der Waals surface area (Å²) in [6.45, 7) is 1.25. The maximum atomic E-state index is 12.7. The van der Waals surface area contributed by atoms with E-state index < -0.39 is 16.1 Å². The number of benzene rings is 2. The van der Waals surface area contributed by atoms with Crippen molar-refractivity contribution in [2.45, 2.75) is 12.5 Å². The number of rotatable bonds is 9. The van der Waals surface area contributed by atoms with Gasteiger partial charge in [-0.05, 0) is 24.1 Å². The maximum absolute atomic E-state index is 12.7. The third-order valence-corrected chi connectivity index (χ3v) is 5.67. The minimum absolute atomic E-state index is 0.323. The number of hydrogen-bond donors (Lipinski definition) is 1. The highest BCUT2D eigenvalue weighted by Gasteiger charge is 2.30. The molecular weight excluding hydrogens is 362 g/mol. The Bertz CT molecular complexity index is 826. The Balaban J connectivity index is 1.96. The summed E-state index contributed by atoms with van der Waals surface area (Å²) in [6, 6.07) is 18.1. The van der Waals surface area contributed by atoms with E-state index in [9.17, 15) is 13.2 Å². The molecule has 0 heterocycles. The molecule has 0 fully saturated rings. The molecule has 0 bridgehead atoms. The largest absolute Gasteiger partial charge is 0.375 e. The summed E-state index contributed by atoms with van der Waals surface area (Å²) >= 11 is 0. The highest BCUT2D eigenvalue weighted by atomic mass is 32.2. The maximum Gasteiger partial charge on any atom is 0.242 e. The lowest BCUT2D eigenvalue weighted by atomic mass is 10.1. The normalized spacial score (nSPS) is 12.6. The zero-order valence-electron chi connectivity index (χ0n) is 16.0. The number of hydrogen-bond acceptors (Lipinski definition) is 4. The molecule has 146 valence electrons. The molecule has 2 rings (SSSR count). The van der Waals surface area contributed by atoms with Gasteiger partial charge < -0.3 is 10.2 Å². The molecule has 0 saturated heterocycles. The van der Waals surface area contributed by atoms with Crippen LogP contribution in [0.1, 0.15) is 18.0 Å². The molecule has 0 aliphatic carbocycles. The van der Waals surface area contributed by atoms with Crippen LogP contribution in [0.15, 0.2) is 60.7 Å². The Morgan fingerprint density at radius 1 is 1.00 bits per heavy atom. The van der Waals surface area contributed by atoms with Gasteiger partial charge in [0.05, 0.1) is 6.26 Å². The molecule has 1 N–H and O–H groups in total. The molecule has 1 amide bonds. The second-order valence-electron chi connectivity index (χ2n) is 6.49. The van der Waals surface area contributed by atoms with Crippen molar-refractivity contribution in [3.05, 3.63) is 66.2 Å². The van der Waals surface area contributed by atoms with Crippen LogP contribution in [0.5, 0.6) is 0 Å². The molecule has 0 aromatic heterocycles. The highest BCUT2D eigenvalue weighted by molar-refractivity contribution is 7.88. The van der Waals surface area contributed by atoms with Crippen molar-refractivity contribution in [1.82, 2.24) is 9.62 Å². The van der Waals surface area contributed by atoms with Crippen LogP contribution in [0, 0.1) is 0 Å². The van der Waals surface area contributed by atoms with E-state index in [0.29, 0.717) is 12.1 Å². The molecule has 2 aromatic rings. The van der Waals surface area contributed by atoms with Gasteiger partial charge in [-0.15, -0.1) is 0 Å². The van der Waals surface area contributed by atoms with Gasteiger partial charge >= 0.3 is 0 Å². The topological polar surface area (TPSA) is 69.7 Å². The average Bonchev–Trinajstić information content (AvgIpc) is 2.66. The first kappa shape index (κ1) is 20.9. The van der Waals surface area contributed by atoms with E-state index in [1.165, 1.54) is 7.05 Å². The Morgan fingerprint density at radius 2 is 1.56 bits per heavy atom. The van der Waals surface area contributed by atoms with Crippen LogP contribution in [0.4, 0.5) is 5.69 Å². The van der Waals surface area contributed by atoms with Crippen LogP contribution >= 0.6 is 0 Å². The van der Waals surface area contributed by atoms with Crippen LogP contribution in [0.3, 0.4) is 0 Å². The SMILES string of the molecule is CN(CCCNC(=O)[C@@H](c1ccccc1)N(C)S(C)(=O)=O)c1ccccc1. The number of sulfonamides is 1. The van der Waals surface area contributed by atoms with Crippen molar-refractivity contribution < 1.29 is 13.2 Å². The Morgan fingerprint density at radius 3 is 2.11 bits per heavy atom. The van der Waals surface area contributed by atoms with E-state index >= 15 is 0 Å². The Hall–Kier alpha value is -2.38. The highest BCUT2D eigenvalue weighted by Crippen LogP contribution is 2.21. The van der Waals surface area contributed by atoms with E-state index in [4.69, 9.17) is 0 Å². The van der Waals surface area contributed by atoms with Gasteiger partial charge in [-0.1, -0.05) is 48.5 Å². The minimum Gasteiger partial charge on any atom is -0.375 e. The molecule has 6 nitrogen and oxygen atoms in total. The zero-order valence-corrected chi connectivity index (χ0v) is 16.8. The van der Waals surface area contributed by atoms with Gasteiger partial charge in [-0.2, -0.15) is 4.31 Å². The van der Waals surface area contributed by atoms with Crippen LogP contribution in [-0.4, -0.2) is 52.1 Å². The summed E-state index contributed by atoms with van der Waals surface area (Å²) < 4.78 is 25.0. The zero-order chi connectivity index (χ0) is 19.9. The summed E-state index contributed by atoms with van der Waals surface area (Å²) in [6.07, 6.45) is 1.85. The number of nitrogens with one attached hydrogen (secondary N) is 1.